The van der Waals surface area contributed by atoms with Crippen LogP contribution < -0.4 is 62.3 Å². The van der Waals surface area contributed by atoms with Crippen molar-refractivity contribution in [2.75, 3.05) is 16.9 Å². The minimum absolute atomic E-state index is 0.0167. The Balaban J connectivity index is 0.000000184. The number of benzene rings is 13. The van der Waals surface area contributed by atoms with Crippen molar-refractivity contribution in [2.45, 2.75) is 33.6 Å². The zero-order valence-electron chi connectivity index (χ0n) is 58.7. The van der Waals surface area contributed by atoms with Crippen molar-refractivity contribution < 1.29 is 123 Å². The standard InChI is InChI=1S/C45H36N2O3.C24BF20.C16H18I/c1-33-13-19-38(20-14-33)46(36-9-5-3-6-10-36)39-21-23-40(24-22-39)47(37-11-7-4-8-12-37)41-25-31-44(32-26-41)50-43-29-17-35(18-30-43)45(48)34-15-27-42(49-2)28-16-34;26-5-1(6(27)14(35)21(42)13(5)34)25(2-7(28)15(36)22(43)16(37)8(2)29,3-9(30)17(38)23(44)18(39)10(3)31)4-11(32)19(40)24(45)20(41)12(4)33;1-12(2)14-6-10-16(11-7-14)17-15-8-4-13(3)5-9-15/h3-32H,1-2H3;;4-12H,1-3H3/q;-1;+1. The molecule has 572 valence electrons. The first-order valence-electron chi connectivity index (χ1n) is 33.4. The van der Waals surface area contributed by atoms with Gasteiger partial charge >= 0.3 is 21.2 Å². The predicted molar refractivity (Wildman–Crippen MR) is 382 cm³/mol. The van der Waals surface area contributed by atoms with Gasteiger partial charge in [-0.15, -0.1) is 21.9 Å². The number of hydrogen-bond acceptors (Lipinski definition) is 5. The minimum atomic E-state index is -7.22. The highest BCUT2D eigenvalue weighted by Crippen LogP contribution is 2.41. The highest BCUT2D eigenvalue weighted by atomic mass is 127. The second-order valence-corrected chi connectivity index (χ2v) is 28.3. The number of ether oxygens (including phenoxy) is 2. The molecule has 0 saturated heterocycles. The van der Waals surface area contributed by atoms with Crippen molar-refractivity contribution in [1.29, 1.82) is 0 Å². The van der Waals surface area contributed by atoms with E-state index in [0.717, 1.165) is 34.1 Å². The molecule has 13 aromatic rings. The van der Waals surface area contributed by atoms with Gasteiger partial charge in [0, 0.05) is 45.3 Å². The Hall–Kier alpha value is -11.9. The number of aryl methyl sites for hydroxylation is 2. The van der Waals surface area contributed by atoms with Gasteiger partial charge in [0.05, 0.1) is 7.11 Å². The Morgan fingerprint density at radius 2 is 0.527 bits per heavy atom. The molecule has 0 heterocycles. The number of rotatable bonds is 18. The third kappa shape index (κ3) is 16.1. The fraction of sp³-hybridized carbons (Fsp3) is 0.0706. The summed E-state index contributed by atoms with van der Waals surface area (Å²) in [5.41, 5.74) is -2.80. The molecule has 5 nitrogen and oxygen atoms in total. The largest absolute Gasteiger partial charge is 0.497 e. The molecule has 0 radical (unpaired) electrons. The number of nitrogens with zero attached hydrogens (tertiary/aromatic N) is 2. The van der Waals surface area contributed by atoms with Gasteiger partial charge in [-0.05, 0) is 183 Å². The van der Waals surface area contributed by atoms with E-state index in [1.165, 1.54) is 23.8 Å². The maximum Gasteiger partial charge on any atom is 0.357 e. The van der Waals surface area contributed by atoms with E-state index in [2.05, 4.69) is 183 Å². The second-order valence-electron chi connectivity index (χ2n) is 25.3. The Labute approximate surface area is 637 Å². The summed E-state index contributed by atoms with van der Waals surface area (Å²) in [6, 6.07) is 78.4. The van der Waals surface area contributed by atoms with E-state index in [1.54, 1.807) is 43.5 Å². The molecule has 0 aliphatic rings. The Bertz CT molecular complexity index is 5220. The van der Waals surface area contributed by atoms with Crippen LogP contribution in [0, 0.1) is 137 Å². The normalized spacial score (nSPS) is 11.2. The highest BCUT2D eigenvalue weighted by molar-refractivity contribution is 7.20. The van der Waals surface area contributed by atoms with Crippen LogP contribution in [0.25, 0.3) is 0 Å². The van der Waals surface area contributed by atoms with E-state index in [4.69, 9.17) is 9.47 Å². The number of hydrogen-bond donors (Lipinski definition) is 0. The molecule has 112 heavy (non-hydrogen) atoms. The topological polar surface area (TPSA) is 42.0 Å². The van der Waals surface area contributed by atoms with Gasteiger partial charge in [-0.25, -0.2) is 87.8 Å². The molecule has 0 aliphatic carbocycles. The third-order valence-corrected chi connectivity index (χ3v) is 20.6. The molecule has 13 rings (SSSR count). The van der Waals surface area contributed by atoms with Crippen LogP contribution in [0.4, 0.5) is 122 Å². The lowest BCUT2D eigenvalue weighted by molar-refractivity contribution is -0.597. The van der Waals surface area contributed by atoms with Crippen LogP contribution in [0.3, 0.4) is 0 Å². The van der Waals surface area contributed by atoms with Crippen LogP contribution >= 0.6 is 0 Å². The Morgan fingerprint density at radius 1 is 0.295 bits per heavy atom. The first-order chi connectivity index (χ1) is 53.4. The molecule has 0 atom stereocenters. The minimum Gasteiger partial charge on any atom is -0.497 e. The van der Waals surface area contributed by atoms with Gasteiger partial charge in [-0.3, -0.25) is 4.79 Å². The van der Waals surface area contributed by atoms with Crippen LogP contribution in [0.15, 0.2) is 231 Å². The third-order valence-electron chi connectivity index (χ3n) is 18.0. The van der Waals surface area contributed by atoms with Crippen molar-refractivity contribution >= 4 is 67.9 Å². The lowest BCUT2D eigenvalue weighted by Crippen LogP contribution is -3.61. The first-order valence-corrected chi connectivity index (χ1v) is 35.6. The smallest absolute Gasteiger partial charge is 0.357 e. The van der Waals surface area contributed by atoms with Crippen molar-refractivity contribution in [3.63, 3.8) is 0 Å². The average molecular weight is 1670 g/mol. The molecule has 0 N–H and O–H groups in total. The van der Waals surface area contributed by atoms with Gasteiger partial charge in [0.1, 0.15) is 69.9 Å². The van der Waals surface area contributed by atoms with E-state index in [0.29, 0.717) is 34.3 Å². The van der Waals surface area contributed by atoms with Gasteiger partial charge in [0.2, 0.25) is 0 Å². The number of ketones is 1. The van der Waals surface area contributed by atoms with Crippen LogP contribution in [-0.2, 0) is 0 Å². The molecular formula is C85H54BF20IN2O3. The summed E-state index contributed by atoms with van der Waals surface area (Å²) in [6.45, 7) is 8.72. The predicted octanol–water partition coefficient (Wildman–Crippen LogP) is 19.1. The molecule has 0 aromatic heterocycles. The summed E-state index contributed by atoms with van der Waals surface area (Å²) in [5, 5.41) is 0. The highest BCUT2D eigenvalue weighted by Gasteiger charge is 2.52. The van der Waals surface area contributed by atoms with Crippen molar-refractivity contribution in [3.05, 3.63) is 382 Å². The van der Waals surface area contributed by atoms with E-state index in [1.807, 2.05) is 48.5 Å². The van der Waals surface area contributed by atoms with Gasteiger partial charge < -0.3 is 19.3 Å². The van der Waals surface area contributed by atoms with Crippen LogP contribution in [0.5, 0.6) is 17.2 Å². The number of para-hydroxylation sites is 2. The Morgan fingerprint density at radius 3 is 0.812 bits per heavy atom. The molecule has 27 heteroatoms. The summed E-state index contributed by atoms with van der Waals surface area (Å²) >= 11 is -0.0167. The maximum atomic E-state index is 15.4. The number of halogens is 21. The summed E-state index contributed by atoms with van der Waals surface area (Å²) < 4.78 is 308. The number of carbonyl (C=O) groups excluding carboxylic acids is 1. The molecule has 0 bridgehead atoms. The maximum absolute atomic E-state index is 15.4. The van der Waals surface area contributed by atoms with Crippen LogP contribution in [-0.4, -0.2) is 19.0 Å². The molecular weight excluding hydrogens is 1610 g/mol. The Kier molecular flexibility index (Phi) is 24.8. The molecule has 0 amide bonds. The number of anilines is 6. The molecule has 0 spiro atoms. The number of methoxy groups -OCH3 is 1. The van der Waals surface area contributed by atoms with E-state index in [-0.39, 0.29) is 27.0 Å². The fourth-order valence-electron chi connectivity index (χ4n) is 12.4. The van der Waals surface area contributed by atoms with Crippen LogP contribution in [0.1, 0.15) is 52.4 Å². The number of carbonyl (C=O) groups is 1. The summed E-state index contributed by atoms with van der Waals surface area (Å²) in [4.78, 5) is 17.5. The van der Waals surface area contributed by atoms with Gasteiger partial charge in [0.25, 0.3) is 0 Å². The summed E-state index contributed by atoms with van der Waals surface area (Å²) in [6.07, 6.45) is -7.22. The zero-order chi connectivity index (χ0) is 80.9. The van der Waals surface area contributed by atoms with Gasteiger partial charge in [-0.2, -0.15) is 0 Å². The van der Waals surface area contributed by atoms with E-state index in [9.17, 15) is 57.5 Å². The monoisotopic (exact) mass is 1670 g/mol. The zero-order valence-corrected chi connectivity index (χ0v) is 60.8. The molecule has 0 aliphatic heterocycles. The van der Waals surface area contributed by atoms with E-state index < -0.39 is 144 Å². The van der Waals surface area contributed by atoms with Gasteiger partial charge in [-0.1, -0.05) is 97.8 Å². The quantitative estimate of drug-likeness (QED) is 0.0214. The first kappa shape index (κ1) is 81.1. The fourth-order valence-corrected chi connectivity index (χ4v) is 14.5. The average Bonchev–Trinajstić information content (AvgIpc) is 0.680. The van der Waals surface area contributed by atoms with Crippen molar-refractivity contribution in [3.8, 4) is 17.2 Å². The molecule has 0 saturated carbocycles. The van der Waals surface area contributed by atoms with Gasteiger partial charge in [0.15, 0.2) is 82.7 Å². The lowest BCUT2D eigenvalue weighted by atomic mass is 9.12. The summed E-state index contributed by atoms with van der Waals surface area (Å²) in [7, 11) is 1.61. The summed E-state index contributed by atoms with van der Waals surface area (Å²) in [5.74, 6) is -68.8. The van der Waals surface area contributed by atoms with E-state index >= 15 is 35.1 Å². The molecule has 13 aromatic carbocycles. The molecule has 0 fully saturated rings. The SMILES string of the molecule is COc1ccc(C(=O)c2ccc(Oc3ccc(N(c4ccccc4)c4ccc(N(c5ccccc5)c5ccc(C)cc5)cc4)cc3)cc2)cc1.Cc1ccc([I+]c2ccc(C(C)C)cc2)cc1.Fc1c(F)c(F)c([B-](c2c(F)c(F)c(F)c(F)c2F)(c2c(F)c(F)c(F)c(F)c2F)c2c(F)c(F)c(F)c(F)c2F)c(F)c1F. The van der Waals surface area contributed by atoms with Crippen molar-refractivity contribution in [2.24, 2.45) is 0 Å². The molecule has 0 unspecified atom stereocenters. The van der Waals surface area contributed by atoms with Crippen LogP contribution in [0.2, 0.25) is 0 Å². The lowest BCUT2D eigenvalue weighted by Gasteiger charge is -2.44. The van der Waals surface area contributed by atoms with Crippen molar-refractivity contribution in [1.82, 2.24) is 0 Å². The second kappa shape index (κ2) is 34.2.